The average Bonchev–Trinajstić information content (AvgIpc) is 2.41. The number of carbonyl (C=O) groups is 2. The Morgan fingerprint density at radius 1 is 1.38 bits per heavy atom. The lowest BCUT2D eigenvalue weighted by Gasteiger charge is -2.18. The molecule has 3 amide bonds. The Hall–Kier alpha value is -1.63. The molecule has 1 rings (SSSR count). The van der Waals surface area contributed by atoms with Crippen LogP contribution in [-0.4, -0.2) is 30.4 Å². The largest absolute Gasteiger partial charge is 0.352 e. The van der Waals surface area contributed by atoms with Crippen molar-refractivity contribution in [1.29, 1.82) is 0 Å². The van der Waals surface area contributed by atoms with Crippen molar-refractivity contribution in [3.63, 3.8) is 0 Å². The van der Waals surface area contributed by atoms with Crippen molar-refractivity contribution < 1.29 is 14.0 Å². The van der Waals surface area contributed by atoms with Crippen molar-refractivity contribution in [3.05, 3.63) is 34.1 Å². The standard InChI is InChI=1S/C14H19BrFN3O2/c1-19(9-10-8-11(15)5-6-12(10)16)13(20)4-2-3-7-18-14(17)21/h5-6,8H,2-4,7,9H2,1H3,(H3,17,18,21). The Labute approximate surface area is 131 Å². The van der Waals surface area contributed by atoms with Crippen LogP contribution >= 0.6 is 15.9 Å². The highest BCUT2D eigenvalue weighted by molar-refractivity contribution is 9.10. The van der Waals surface area contributed by atoms with Crippen molar-refractivity contribution in [2.45, 2.75) is 25.8 Å². The zero-order chi connectivity index (χ0) is 15.8. The molecular formula is C14H19BrFN3O2. The van der Waals surface area contributed by atoms with Gasteiger partial charge >= 0.3 is 6.03 Å². The van der Waals surface area contributed by atoms with Crippen LogP contribution in [0.5, 0.6) is 0 Å². The molecule has 0 bridgehead atoms. The first kappa shape index (κ1) is 17.4. The van der Waals surface area contributed by atoms with Gasteiger partial charge in [-0.15, -0.1) is 0 Å². The van der Waals surface area contributed by atoms with Crippen LogP contribution < -0.4 is 11.1 Å². The van der Waals surface area contributed by atoms with Gasteiger partial charge in [0.25, 0.3) is 0 Å². The summed E-state index contributed by atoms with van der Waals surface area (Å²) < 4.78 is 14.4. The minimum absolute atomic E-state index is 0.0616. The topological polar surface area (TPSA) is 75.4 Å². The molecule has 0 heterocycles. The number of hydrogen-bond donors (Lipinski definition) is 2. The summed E-state index contributed by atoms with van der Waals surface area (Å²) in [6.07, 6.45) is 1.67. The number of nitrogens with two attached hydrogens (primary N) is 1. The Bertz CT molecular complexity index is 511. The molecule has 0 atom stereocenters. The van der Waals surface area contributed by atoms with E-state index in [2.05, 4.69) is 21.2 Å². The molecule has 116 valence electrons. The van der Waals surface area contributed by atoms with Gasteiger partial charge in [0, 0.05) is 36.6 Å². The van der Waals surface area contributed by atoms with Crippen molar-refractivity contribution in [1.82, 2.24) is 10.2 Å². The molecule has 1 aromatic rings. The third-order valence-corrected chi connectivity index (χ3v) is 3.45. The normalized spacial score (nSPS) is 10.2. The summed E-state index contributed by atoms with van der Waals surface area (Å²) >= 11 is 3.28. The van der Waals surface area contributed by atoms with E-state index in [4.69, 9.17) is 5.73 Å². The van der Waals surface area contributed by atoms with E-state index in [9.17, 15) is 14.0 Å². The Morgan fingerprint density at radius 2 is 2.10 bits per heavy atom. The molecule has 0 fully saturated rings. The first-order valence-corrected chi connectivity index (χ1v) is 7.40. The number of nitrogens with one attached hydrogen (secondary N) is 1. The second-order valence-electron chi connectivity index (χ2n) is 4.73. The van der Waals surface area contributed by atoms with Gasteiger partial charge in [0.2, 0.25) is 5.91 Å². The first-order valence-electron chi connectivity index (χ1n) is 6.61. The molecule has 21 heavy (non-hydrogen) atoms. The molecule has 0 saturated carbocycles. The van der Waals surface area contributed by atoms with E-state index >= 15 is 0 Å². The highest BCUT2D eigenvalue weighted by Crippen LogP contribution is 2.17. The summed E-state index contributed by atoms with van der Waals surface area (Å²) in [5.74, 6) is -0.392. The Balaban J connectivity index is 2.37. The van der Waals surface area contributed by atoms with Crippen LogP contribution in [-0.2, 0) is 11.3 Å². The summed E-state index contributed by atoms with van der Waals surface area (Å²) in [4.78, 5) is 23.9. The third kappa shape index (κ3) is 6.57. The van der Waals surface area contributed by atoms with Gasteiger partial charge in [-0.25, -0.2) is 9.18 Å². The maximum absolute atomic E-state index is 13.6. The summed E-state index contributed by atoms with van der Waals surface area (Å²) in [6, 6.07) is 4.08. The SMILES string of the molecule is CN(Cc1cc(Br)ccc1F)C(=O)CCCCNC(N)=O. The van der Waals surface area contributed by atoms with Gasteiger partial charge in [-0.2, -0.15) is 0 Å². The summed E-state index contributed by atoms with van der Waals surface area (Å²) in [7, 11) is 1.64. The zero-order valence-electron chi connectivity index (χ0n) is 11.9. The van der Waals surface area contributed by atoms with Crippen LogP contribution in [0.4, 0.5) is 9.18 Å². The van der Waals surface area contributed by atoms with E-state index < -0.39 is 6.03 Å². The third-order valence-electron chi connectivity index (χ3n) is 2.96. The first-order chi connectivity index (χ1) is 9.90. The van der Waals surface area contributed by atoms with E-state index in [1.54, 1.807) is 19.2 Å². The molecule has 5 nitrogen and oxygen atoms in total. The van der Waals surface area contributed by atoms with E-state index in [0.717, 1.165) is 4.47 Å². The van der Waals surface area contributed by atoms with Crippen LogP contribution in [0.15, 0.2) is 22.7 Å². The summed E-state index contributed by atoms with van der Waals surface area (Å²) in [5, 5.41) is 2.46. The highest BCUT2D eigenvalue weighted by Gasteiger charge is 2.11. The van der Waals surface area contributed by atoms with Gasteiger partial charge in [-0.3, -0.25) is 4.79 Å². The number of rotatable bonds is 7. The van der Waals surface area contributed by atoms with E-state index in [-0.39, 0.29) is 18.3 Å². The number of amides is 3. The zero-order valence-corrected chi connectivity index (χ0v) is 13.5. The fourth-order valence-corrected chi connectivity index (χ4v) is 2.22. The minimum Gasteiger partial charge on any atom is -0.352 e. The van der Waals surface area contributed by atoms with E-state index in [0.29, 0.717) is 31.4 Å². The summed E-state index contributed by atoms with van der Waals surface area (Å²) in [5.41, 5.74) is 5.40. The van der Waals surface area contributed by atoms with Crippen molar-refractivity contribution >= 4 is 27.9 Å². The Kier molecular flexibility index (Phi) is 7.14. The van der Waals surface area contributed by atoms with Crippen LogP contribution in [0, 0.1) is 5.82 Å². The van der Waals surface area contributed by atoms with E-state index in [1.807, 2.05) is 0 Å². The minimum atomic E-state index is -0.566. The van der Waals surface area contributed by atoms with Crippen molar-refractivity contribution in [3.8, 4) is 0 Å². The molecule has 0 aliphatic carbocycles. The lowest BCUT2D eigenvalue weighted by molar-refractivity contribution is -0.130. The van der Waals surface area contributed by atoms with E-state index in [1.165, 1.54) is 11.0 Å². The second-order valence-corrected chi connectivity index (χ2v) is 5.65. The molecule has 3 N–H and O–H groups in total. The molecule has 0 aromatic heterocycles. The molecule has 0 aliphatic rings. The number of carbonyl (C=O) groups excluding carboxylic acids is 2. The van der Waals surface area contributed by atoms with Gasteiger partial charge in [-0.05, 0) is 31.0 Å². The van der Waals surface area contributed by atoms with Crippen LogP contribution in [0.2, 0.25) is 0 Å². The molecule has 1 aromatic carbocycles. The predicted octanol–water partition coefficient (Wildman–Crippen LogP) is 2.39. The molecule has 7 heteroatoms. The van der Waals surface area contributed by atoms with Crippen molar-refractivity contribution in [2.24, 2.45) is 5.73 Å². The number of urea groups is 1. The predicted molar refractivity (Wildman–Crippen MR) is 82.0 cm³/mol. The van der Waals surface area contributed by atoms with Crippen molar-refractivity contribution in [2.75, 3.05) is 13.6 Å². The molecule has 0 spiro atoms. The summed E-state index contributed by atoms with van der Waals surface area (Å²) in [6.45, 7) is 0.677. The van der Waals surface area contributed by atoms with Crippen LogP contribution in [0.3, 0.4) is 0 Å². The maximum Gasteiger partial charge on any atom is 0.312 e. The number of primary amides is 1. The number of benzene rings is 1. The van der Waals surface area contributed by atoms with Gasteiger partial charge in [0.05, 0.1) is 0 Å². The van der Waals surface area contributed by atoms with Gasteiger partial charge in [0.1, 0.15) is 5.82 Å². The monoisotopic (exact) mass is 359 g/mol. The average molecular weight is 360 g/mol. The van der Waals surface area contributed by atoms with Crippen LogP contribution in [0.1, 0.15) is 24.8 Å². The number of nitrogens with zero attached hydrogens (tertiary/aromatic N) is 1. The number of unbranched alkanes of at least 4 members (excludes halogenated alkanes) is 1. The van der Waals surface area contributed by atoms with Gasteiger partial charge in [-0.1, -0.05) is 15.9 Å². The van der Waals surface area contributed by atoms with Gasteiger partial charge < -0.3 is 16.0 Å². The fraction of sp³-hybridized carbons (Fsp3) is 0.429. The molecule has 0 unspecified atom stereocenters. The number of halogens is 2. The lowest BCUT2D eigenvalue weighted by Crippen LogP contribution is -2.30. The molecule has 0 saturated heterocycles. The number of hydrogen-bond acceptors (Lipinski definition) is 2. The fourth-order valence-electron chi connectivity index (χ4n) is 1.81. The van der Waals surface area contributed by atoms with Crippen LogP contribution in [0.25, 0.3) is 0 Å². The lowest BCUT2D eigenvalue weighted by atomic mass is 10.2. The maximum atomic E-state index is 13.6. The van der Waals surface area contributed by atoms with Gasteiger partial charge in [0.15, 0.2) is 0 Å². The molecular weight excluding hydrogens is 341 g/mol. The molecule has 0 aliphatic heterocycles. The quantitative estimate of drug-likeness (QED) is 0.733. The molecule has 0 radical (unpaired) electrons. The smallest absolute Gasteiger partial charge is 0.312 e. The Morgan fingerprint density at radius 3 is 2.76 bits per heavy atom. The second kappa shape index (κ2) is 8.61. The highest BCUT2D eigenvalue weighted by atomic mass is 79.9.